The van der Waals surface area contributed by atoms with Crippen molar-refractivity contribution in [2.45, 2.75) is 0 Å². The summed E-state index contributed by atoms with van der Waals surface area (Å²) in [6.45, 7) is 2.01. The Morgan fingerprint density at radius 2 is 1.89 bits per heavy atom. The van der Waals surface area contributed by atoms with E-state index in [9.17, 15) is 4.79 Å². The topological polar surface area (TPSA) is 92.9 Å². The van der Waals surface area contributed by atoms with Crippen molar-refractivity contribution < 1.29 is 28.2 Å². The molecule has 3 aromatic rings. The first-order valence-corrected chi connectivity index (χ1v) is 8.35. The molecule has 0 N–H and O–H groups in total. The smallest absolute Gasteiger partial charge is 0.358 e. The number of nitrogens with zero attached hydrogens (tertiary/aromatic N) is 2. The Kier molecular flexibility index (Phi) is 6.35. The summed E-state index contributed by atoms with van der Waals surface area (Å²) in [4.78, 5) is 19.7. The quantitative estimate of drug-likeness (QED) is 0.418. The fourth-order valence-electron chi connectivity index (χ4n) is 2.36. The average Bonchev–Trinajstić information content (AvgIpc) is 3.13. The minimum atomic E-state index is -0.536. The monoisotopic (exact) mass is 372 g/mol. The van der Waals surface area contributed by atoms with Gasteiger partial charge in [-0.15, -0.1) is 0 Å². The van der Waals surface area contributed by atoms with Crippen molar-refractivity contribution in [2.24, 2.45) is 0 Å². The van der Waals surface area contributed by atoms with Crippen LogP contribution < -0.4 is 4.74 Å². The van der Waals surface area contributed by atoms with Crippen LogP contribution in [0.15, 0.2) is 41.1 Å². The van der Waals surface area contributed by atoms with E-state index in [1.807, 2.05) is 24.3 Å². The van der Waals surface area contributed by atoms with Crippen LogP contribution in [0.2, 0.25) is 0 Å². The van der Waals surface area contributed by atoms with Crippen LogP contribution in [-0.4, -0.2) is 56.6 Å². The third kappa shape index (κ3) is 4.81. The summed E-state index contributed by atoms with van der Waals surface area (Å²) < 4.78 is 26.4. The number of benzene rings is 1. The Morgan fingerprint density at radius 3 is 2.63 bits per heavy atom. The Labute approximate surface area is 156 Å². The first-order valence-electron chi connectivity index (χ1n) is 8.35. The van der Waals surface area contributed by atoms with E-state index in [-0.39, 0.29) is 5.69 Å². The number of esters is 1. The van der Waals surface area contributed by atoms with Gasteiger partial charge in [-0.1, -0.05) is 0 Å². The summed E-state index contributed by atoms with van der Waals surface area (Å²) in [5.41, 5.74) is 1.33. The van der Waals surface area contributed by atoms with Gasteiger partial charge in [0.1, 0.15) is 23.6 Å². The van der Waals surface area contributed by atoms with Crippen LogP contribution in [-0.2, 0) is 14.2 Å². The van der Waals surface area contributed by atoms with Gasteiger partial charge in [-0.05, 0) is 18.2 Å². The summed E-state index contributed by atoms with van der Waals surface area (Å²) in [6, 6.07) is 7.43. The van der Waals surface area contributed by atoms with Gasteiger partial charge in [-0.25, -0.2) is 14.8 Å². The van der Waals surface area contributed by atoms with Crippen LogP contribution in [0.25, 0.3) is 22.4 Å². The first-order chi connectivity index (χ1) is 13.2. The molecule has 1 aromatic carbocycles. The lowest BCUT2D eigenvalue weighted by atomic mass is 10.2. The van der Waals surface area contributed by atoms with E-state index in [0.717, 1.165) is 5.39 Å². The van der Waals surface area contributed by atoms with Gasteiger partial charge in [0.25, 0.3) is 0 Å². The molecule has 0 bridgehead atoms. The second kappa shape index (κ2) is 9.11. The number of fused-ring (bicyclic) bond motifs is 1. The average molecular weight is 372 g/mol. The molecule has 142 valence electrons. The van der Waals surface area contributed by atoms with E-state index >= 15 is 0 Å². The first kappa shape index (κ1) is 18.8. The van der Waals surface area contributed by atoms with Crippen LogP contribution in [0.3, 0.4) is 0 Å². The minimum Gasteiger partial charge on any atom is -0.491 e. The SMILES string of the molecule is COCCOCCOc1ccc2cc(-c3cnc(C(=O)OC)cn3)oc2c1. The zero-order valence-corrected chi connectivity index (χ0v) is 15.1. The third-order valence-corrected chi connectivity index (χ3v) is 3.72. The van der Waals surface area contributed by atoms with Crippen molar-refractivity contribution in [3.63, 3.8) is 0 Å². The van der Waals surface area contributed by atoms with Crippen LogP contribution in [0, 0.1) is 0 Å². The van der Waals surface area contributed by atoms with Crippen LogP contribution in [0.5, 0.6) is 5.75 Å². The molecule has 2 heterocycles. The van der Waals surface area contributed by atoms with E-state index in [0.29, 0.717) is 49.2 Å². The molecule has 8 nitrogen and oxygen atoms in total. The fraction of sp³-hybridized carbons (Fsp3) is 0.316. The van der Waals surface area contributed by atoms with Crippen LogP contribution >= 0.6 is 0 Å². The predicted molar refractivity (Wildman–Crippen MR) is 96.8 cm³/mol. The van der Waals surface area contributed by atoms with Crippen molar-refractivity contribution in [1.29, 1.82) is 0 Å². The Morgan fingerprint density at radius 1 is 1.04 bits per heavy atom. The van der Waals surface area contributed by atoms with Gasteiger partial charge in [0, 0.05) is 18.6 Å². The Balaban J connectivity index is 1.66. The van der Waals surface area contributed by atoms with Gasteiger partial charge in [-0.2, -0.15) is 0 Å². The van der Waals surface area contributed by atoms with Crippen molar-refractivity contribution in [1.82, 2.24) is 9.97 Å². The maximum absolute atomic E-state index is 11.4. The number of ether oxygens (including phenoxy) is 4. The second-order valence-electron chi connectivity index (χ2n) is 5.54. The van der Waals surface area contributed by atoms with Gasteiger partial charge in [0.15, 0.2) is 11.5 Å². The third-order valence-electron chi connectivity index (χ3n) is 3.72. The molecule has 0 aliphatic carbocycles. The van der Waals surface area contributed by atoms with Crippen LogP contribution in [0.4, 0.5) is 0 Å². The van der Waals surface area contributed by atoms with E-state index < -0.39 is 5.97 Å². The Bertz CT molecular complexity index is 891. The molecular formula is C19H20N2O6. The van der Waals surface area contributed by atoms with Crippen molar-refractivity contribution in [2.75, 3.05) is 40.6 Å². The number of carbonyl (C=O) groups excluding carboxylic acids is 1. The van der Waals surface area contributed by atoms with Gasteiger partial charge < -0.3 is 23.4 Å². The highest BCUT2D eigenvalue weighted by Gasteiger charge is 2.12. The lowest BCUT2D eigenvalue weighted by molar-refractivity contribution is 0.0544. The normalized spacial score (nSPS) is 10.9. The number of aromatic nitrogens is 2. The predicted octanol–water partition coefficient (Wildman–Crippen LogP) is 2.72. The number of hydrogen-bond donors (Lipinski definition) is 0. The molecule has 0 spiro atoms. The summed E-state index contributed by atoms with van der Waals surface area (Å²) >= 11 is 0. The molecule has 0 amide bonds. The zero-order valence-electron chi connectivity index (χ0n) is 15.1. The van der Waals surface area contributed by atoms with Crippen LogP contribution in [0.1, 0.15) is 10.5 Å². The minimum absolute atomic E-state index is 0.140. The molecule has 0 saturated carbocycles. The molecule has 27 heavy (non-hydrogen) atoms. The standard InChI is InChI=1S/C19H20N2O6/c1-23-5-6-25-7-8-26-14-4-3-13-9-18(27-17(13)10-14)15-11-21-16(12-20-15)19(22)24-2/h3-4,9-12H,5-8H2,1-2H3. The van der Waals surface area contributed by atoms with Gasteiger partial charge in [0.2, 0.25) is 0 Å². The lowest BCUT2D eigenvalue weighted by Crippen LogP contribution is -2.09. The number of carbonyl (C=O) groups is 1. The molecule has 0 aliphatic heterocycles. The number of methoxy groups -OCH3 is 2. The molecule has 2 aromatic heterocycles. The van der Waals surface area contributed by atoms with Gasteiger partial charge >= 0.3 is 5.97 Å². The maximum atomic E-state index is 11.4. The van der Waals surface area contributed by atoms with Crippen molar-refractivity contribution >= 4 is 16.9 Å². The second-order valence-corrected chi connectivity index (χ2v) is 5.54. The lowest BCUT2D eigenvalue weighted by Gasteiger charge is -2.06. The highest BCUT2D eigenvalue weighted by molar-refractivity contribution is 5.87. The number of furan rings is 1. The molecule has 0 aliphatic rings. The molecule has 0 radical (unpaired) electrons. The zero-order chi connectivity index (χ0) is 19.1. The summed E-state index contributed by atoms with van der Waals surface area (Å²) in [5.74, 6) is 0.700. The molecule has 3 rings (SSSR count). The van der Waals surface area contributed by atoms with E-state index in [1.165, 1.54) is 19.5 Å². The Hall–Kier alpha value is -2.97. The van der Waals surface area contributed by atoms with Crippen molar-refractivity contribution in [3.05, 3.63) is 42.4 Å². The summed E-state index contributed by atoms with van der Waals surface area (Å²) in [6.07, 6.45) is 2.82. The molecule has 0 saturated heterocycles. The van der Waals surface area contributed by atoms with Gasteiger partial charge in [0.05, 0.1) is 39.3 Å². The summed E-state index contributed by atoms with van der Waals surface area (Å²) in [5, 5.41) is 0.910. The van der Waals surface area contributed by atoms with E-state index in [4.69, 9.17) is 18.6 Å². The van der Waals surface area contributed by atoms with Crippen molar-refractivity contribution in [3.8, 4) is 17.2 Å². The highest BCUT2D eigenvalue weighted by atomic mass is 16.5. The maximum Gasteiger partial charge on any atom is 0.358 e. The fourth-order valence-corrected chi connectivity index (χ4v) is 2.36. The number of rotatable bonds is 9. The number of hydrogen-bond acceptors (Lipinski definition) is 8. The van der Waals surface area contributed by atoms with E-state index in [1.54, 1.807) is 7.11 Å². The summed E-state index contributed by atoms with van der Waals surface area (Å²) in [7, 11) is 2.92. The largest absolute Gasteiger partial charge is 0.491 e. The molecule has 0 fully saturated rings. The molecular weight excluding hydrogens is 352 g/mol. The molecule has 0 unspecified atom stereocenters. The van der Waals surface area contributed by atoms with Gasteiger partial charge in [-0.3, -0.25) is 0 Å². The molecule has 0 atom stereocenters. The molecule has 8 heteroatoms. The highest BCUT2D eigenvalue weighted by Crippen LogP contribution is 2.29. The van der Waals surface area contributed by atoms with E-state index in [2.05, 4.69) is 14.7 Å².